The van der Waals surface area contributed by atoms with Crippen LogP contribution in [0.2, 0.25) is 0 Å². The van der Waals surface area contributed by atoms with Gasteiger partial charge in [0.15, 0.2) is 12.2 Å². The first-order chi connectivity index (χ1) is 6.11. The predicted molar refractivity (Wildman–Crippen MR) is 51.3 cm³/mol. The molecule has 1 aromatic rings. The molecule has 0 atom stereocenters. The molecule has 0 aliphatic heterocycles. The summed E-state index contributed by atoms with van der Waals surface area (Å²) in [6.07, 6.45) is 3.95. The van der Waals surface area contributed by atoms with Gasteiger partial charge in [-0.2, -0.15) is 0 Å². The van der Waals surface area contributed by atoms with Crippen molar-refractivity contribution in [2.75, 3.05) is 6.61 Å². The van der Waals surface area contributed by atoms with Crippen molar-refractivity contribution in [1.82, 2.24) is 4.85 Å². The zero-order valence-electron chi connectivity index (χ0n) is 8.90. The molecular weight excluding hydrogens is 164 g/mol. The topological polar surface area (TPSA) is 18.0 Å². The highest BCUT2D eigenvalue weighted by molar-refractivity contribution is 4.69. The number of hydrogen-bond acceptors (Lipinski definition) is 1. The van der Waals surface area contributed by atoms with Crippen LogP contribution in [-0.4, -0.2) is 11.5 Å². The lowest BCUT2D eigenvalue weighted by Gasteiger charge is -2.08. The SMILES string of the molecule is CC(C)COn1ccc[n+]1C(C)C. The Hall–Kier alpha value is -0.990. The summed E-state index contributed by atoms with van der Waals surface area (Å²) in [6, 6.07) is 2.42. The molecule has 3 nitrogen and oxygen atoms in total. The highest BCUT2D eigenvalue weighted by atomic mass is 16.7. The van der Waals surface area contributed by atoms with E-state index in [1.807, 2.05) is 18.5 Å². The molecule has 0 aromatic carbocycles. The molecule has 0 N–H and O–H groups in total. The number of aromatic nitrogens is 2. The molecule has 74 valence electrons. The maximum absolute atomic E-state index is 5.58. The normalized spacial score (nSPS) is 11.2. The monoisotopic (exact) mass is 183 g/mol. The molecule has 0 unspecified atom stereocenters. The van der Waals surface area contributed by atoms with Gasteiger partial charge in [0, 0.05) is 10.9 Å². The molecule has 0 spiro atoms. The van der Waals surface area contributed by atoms with Crippen molar-refractivity contribution in [3.05, 3.63) is 18.5 Å². The van der Waals surface area contributed by atoms with E-state index in [9.17, 15) is 0 Å². The minimum Gasteiger partial charge on any atom is -0.368 e. The third kappa shape index (κ3) is 2.76. The zero-order chi connectivity index (χ0) is 9.84. The van der Waals surface area contributed by atoms with Crippen LogP contribution in [0, 0.1) is 5.92 Å². The molecule has 1 heterocycles. The van der Waals surface area contributed by atoms with Gasteiger partial charge in [-0.05, 0) is 19.8 Å². The summed E-state index contributed by atoms with van der Waals surface area (Å²) in [6.45, 7) is 9.30. The van der Waals surface area contributed by atoms with Crippen LogP contribution in [0.1, 0.15) is 33.7 Å². The van der Waals surface area contributed by atoms with Crippen molar-refractivity contribution in [3.63, 3.8) is 0 Å². The summed E-state index contributed by atoms with van der Waals surface area (Å²) in [4.78, 5) is 7.38. The first-order valence-corrected chi connectivity index (χ1v) is 4.83. The predicted octanol–water partition coefficient (Wildman–Crippen LogP) is 1.44. The summed E-state index contributed by atoms with van der Waals surface area (Å²) in [5.41, 5.74) is 0. The van der Waals surface area contributed by atoms with Crippen LogP contribution in [0.15, 0.2) is 18.5 Å². The van der Waals surface area contributed by atoms with E-state index in [-0.39, 0.29) is 0 Å². The Morgan fingerprint density at radius 3 is 2.54 bits per heavy atom. The molecule has 1 rings (SSSR count). The first-order valence-electron chi connectivity index (χ1n) is 4.83. The fraction of sp³-hybridized carbons (Fsp3) is 0.700. The standard InChI is InChI=1S/C10H19N2O/c1-9(2)8-13-12-7-5-6-11(12)10(3)4/h5-7,9-10H,8H2,1-4H3/q+1. The van der Waals surface area contributed by atoms with Gasteiger partial charge in [0.05, 0.1) is 0 Å². The lowest BCUT2D eigenvalue weighted by molar-refractivity contribution is -0.814. The Labute approximate surface area is 79.9 Å². The van der Waals surface area contributed by atoms with Crippen molar-refractivity contribution in [3.8, 4) is 0 Å². The summed E-state index contributed by atoms with van der Waals surface area (Å²) in [5.74, 6) is 0.558. The van der Waals surface area contributed by atoms with E-state index in [0.29, 0.717) is 12.0 Å². The van der Waals surface area contributed by atoms with Crippen molar-refractivity contribution in [1.29, 1.82) is 0 Å². The van der Waals surface area contributed by atoms with E-state index in [2.05, 4.69) is 32.4 Å². The van der Waals surface area contributed by atoms with Gasteiger partial charge < -0.3 is 4.84 Å². The lowest BCUT2D eigenvalue weighted by Crippen LogP contribution is -2.47. The average molecular weight is 183 g/mol. The van der Waals surface area contributed by atoms with Crippen molar-refractivity contribution >= 4 is 0 Å². The van der Waals surface area contributed by atoms with Crippen LogP contribution in [0.25, 0.3) is 0 Å². The lowest BCUT2D eigenvalue weighted by atomic mass is 10.2. The van der Waals surface area contributed by atoms with Crippen LogP contribution in [0.5, 0.6) is 0 Å². The van der Waals surface area contributed by atoms with Gasteiger partial charge in [-0.25, -0.2) is 0 Å². The van der Waals surface area contributed by atoms with Gasteiger partial charge in [-0.15, -0.1) is 0 Å². The fourth-order valence-electron chi connectivity index (χ4n) is 1.08. The Bertz CT molecular complexity index is 253. The van der Waals surface area contributed by atoms with Crippen LogP contribution in [-0.2, 0) is 0 Å². The molecule has 0 fully saturated rings. The maximum atomic E-state index is 5.58. The van der Waals surface area contributed by atoms with Crippen LogP contribution < -0.4 is 9.52 Å². The third-order valence-electron chi connectivity index (χ3n) is 1.75. The Balaban J connectivity index is 2.60. The highest BCUT2D eigenvalue weighted by Crippen LogP contribution is 1.93. The minimum atomic E-state index is 0.433. The van der Waals surface area contributed by atoms with Crippen molar-refractivity contribution in [2.24, 2.45) is 5.92 Å². The van der Waals surface area contributed by atoms with E-state index in [1.54, 1.807) is 4.85 Å². The first kappa shape index (κ1) is 10.1. The maximum Gasteiger partial charge on any atom is 0.199 e. The van der Waals surface area contributed by atoms with E-state index < -0.39 is 0 Å². The second-order valence-electron chi connectivity index (χ2n) is 3.96. The number of rotatable bonds is 4. The van der Waals surface area contributed by atoms with Gasteiger partial charge in [0.25, 0.3) is 0 Å². The summed E-state index contributed by atoms with van der Waals surface area (Å²) < 4.78 is 2.06. The van der Waals surface area contributed by atoms with Gasteiger partial charge in [-0.1, -0.05) is 18.5 Å². The molecule has 0 aliphatic rings. The second-order valence-corrected chi connectivity index (χ2v) is 3.96. The molecular formula is C10H19N2O+. The fourth-order valence-corrected chi connectivity index (χ4v) is 1.08. The van der Waals surface area contributed by atoms with E-state index in [0.717, 1.165) is 6.61 Å². The minimum absolute atomic E-state index is 0.433. The summed E-state index contributed by atoms with van der Waals surface area (Å²) >= 11 is 0. The van der Waals surface area contributed by atoms with Gasteiger partial charge >= 0.3 is 0 Å². The molecule has 0 aliphatic carbocycles. The van der Waals surface area contributed by atoms with Gasteiger partial charge in [0.1, 0.15) is 12.8 Å². The van der Waals surface area contributed by atoms with Gasteiger partial charge in [-0.3, -0.25) is 0 Å². The smallest absolute Gasteiger partial charge is 0.199 e. The molecule has 3 heteroatoms. The largest absolute Gasteiger partial charge is 0.368 e. The highest BCUT2D eigenvalue weighted by Gasteiger charge is 2.12. The Morgan fingerprint density at radius 1 is 1.31 bits per heavy atom. The van der Waals surface area contributed by atoms with Gasteiger partial charge in [0.2, 0.25) is 0 Å². The van der Waals surface area contributed by atoms with Crippen molar-refractivity contribution in [2.45, 2.75) is 33.7 Å². The quantitative estimate of drug-likeness (QED) is 0.646. The molecule has 0 bridgehead atoms. The van der Waals surface area contributed by atoms with Crippen molar-refractivity contribution < 1.29 is 9.52 Å². The van der Waals surface area contributed by atoms with Crippen LogP contribution in [0.3, 0.4) is 0 Å². The van der Waals surface area contributed by atoms with Crippen LogP contribution >= 0.6 is 0 Å². The third-order valence-corrected chi connectivity index (χ3v) is 1.75. The number of nitrogens with zero attached hydrogens (tertiary/aromatic N) is 2. The molecule has 0 radical (unpaired) electrons. The van der Waals surface area contributed by atoms with E-state index in [4.69, 9.17) is 4.84 Å². The van der Waals surface area contributed by atoms with E-state index in [1.165, 1.54) is 0 Å². The summed E-state index contributed by atoms with van der Waals surface area (Å²) in [7, 11) is 0. The van der Waals surface area contributed by atoms with Crippen LogP contribution in [0.4, 0.5) is 0 Å². The van der Waals surface area contributed by atoms with E-state index >= 15 is 0 Å². The molecule has 0 saturated carbocycles. The molecule has 0 amide bonds. The Morgan fingerprint density at radius 2 is 2.00 bits per heavy atom. The Kier molecular flexibility index (Phi) is 3.34. The summed E-state index contributed by atoms with van der Waals surface area (Å²) in [5, 5.41) is 0. The average Bonchev–Trinajstić information content (AvgIpc) is 2.47. The second kappa shape index (κ2) is 4.30. The molecule has 0 saturated heterocycles. The molecule has 13 heavy (non-hydrogen) atoms. The zero-order valence-corrected chi connectivity index (χ0v) is 8.90. The number of hydrogen-bond donors (Lipinski definition) is 0. The molecule has 1 aromatic heterocycles.